The summed E-state index contributed by atoms with van der Waals surface area (Å²) in [6, 6.07) is 25.3. The summed E-state index contributed by atoms with van der Waals surface area (Å²) in [6.45, 7) is 1.91. The molecule has 0 spiro atoms. The van der Waals surface area contributed by atoms with E-state index in [4.69, 9.17) is 4.74 Å². The second-order valence-corrected chi connectivity index (χ2v) is 11.8. The summed E-state index contributed by atoms with van der Waals surface area (Å²) >= 11 is 2.28. The number of aryl methyl sites for hydroxylation is 1. The quantitative estimate of drug-likeness (QED) is 0.234. The van der Waals surface area contributed by atoms with Gasteiger partial charge in [-0.2, -0.15) is 4.31 Å². The molecule has 1 aliphatic heterocycles. The van der Waals surface area contributed by atoms with Gasteiger partial charge in [-0.3, -0.25) is 4.79 Å². The fraction of sp³-hybridized carbons (Fsp3) is 0.269. The van der Waals surface area contributed by atoms with E-state index in [0.29, 0.717) is 6.42 Å². The molecule has 0 aliphatic carbocycles. The molecule has 0 unspecified atom stereocenters. The number of benzene rings is 3. The fourth-order valence-electron chi connectivity index (χ4n) is 4.65. The van der Waals surface area contributed by atoms with Crippen LogP contribution in [0.25, 0.3) is 0 Å². The molecular formula is C26H26INO4S. The first-order valence-electron chi connectivity index (χ1n) is 10.7. The lowest BCUT2D eigenvalue weighted by Gasteiger charge is -2.38. The predicted octanol–water partition coefficient (Wildman–Crippen LogP) is 5.09. The smallest absolute Gasteiger partial charge is 0.327 e. The van der Waals surface area contributed by atoms with Gasteiger partial charge in [0.1, 0.15) is 5.54 Å². The molecule has 1 aliphatic rings. The summed E-state index contributed by atoms with van der Waals surface area (Å²) in [4.78, 5) is 13.6. The highest BCUT2D eigenvalue weighted by molar-refractivity contribution is 14.1. The normalized spacial score (nSPS) is 23.4. The van der Waals surface area contributed by atoms with Crippen LogP contribution in [-0.4, -0.2) is 35.3 Å². The zero-order valence-corrected chi connectivity index (χ0v) is 21.5. The number of carbonyl (C=O) groups is 1. The zero-order valence-electron chi connectivity index (χ0n) is 18.5. The van der Waals surface area contributed by atoms with E-state index in [1.165, 1.54) is 11.4 Å². The maximum Gasteiger partial charge on any atom is 0.327 e. The monoisotopic (exact) mass is 575 g/mol. The Bertz CT molecular complexity index is 1220. The van der Waals surface area contributed by atoms with Gasteiger partial charge in [0.2, 0.25) is 10.0 Å². The lowest BCUT2D eigenvalue weighted by molar-refractivity contribution is -0.151. The number of carbonyl (C=O) groups excluding carboxylic acids is 1. The third-order valence-electron chi connectivity index (χ3n) is 6.17. The van der Waals surface area contributed by atoms with Gasteiger partial charge in [0.25, 0.3) is 0 Å². The van der Waals surface area contributed by atoms with Crippen molar-refractivity contribution in [3.63, 3.8) is 0 Å². The Morgan fingerprint density at radius 1 is 1.00 bits per heavy atom. The molecule has 0 amide bonds. The van der Waals surface area contributed by atoms with Gasteiger partial charge in [0.05, 0.1) is 18.0 Å². The molecule has 1 saturated heterocycles. The third-order valence-corrected chi connectivity index (χ3v) is 9.26. The van der Waals surface area contributed by atoms with Gasteiger partial charge in [-0.15, -0.1) is 0 Å². The van der Waals surface area contributed by atoms with Crippen LogP contribution in [0.3, 0.4) is 0 Å². The fourth-order valence-corrected chi connectivity index (χ4v) is 8.29. The van der Waals surface area contributed by atoms with Crippen LogP contribution in [0, 0.1) is 6.92 Å². The Morgan fingerprint density at radius 3 is 2.15 bits per heavy atom. The summed E-state index contributed by atoms with van der Waals surface area (Å²) in [6.07, 6.45) is 0.578. The number of sulfonamides is 1. The van der Waals surface area contributed by atoms with E-state index in [1.54, 1.807) is 24.3 Å². The van der Waals surface area contributed by atoms with Crippen molar-refractivity contribution in [2.24, 2.45) is 0 Å². The van der Waals surface area contributed by atoms with Crippen LogP contribution in [0.5, 0.6) is 0 Å². The maximum absolute atomic E-state index is 14.2. The highest BCUT2D eigenvalue weighted by Gasteiger charge is 2.61. The number of alkyl halides is 1. The molecule has 3 aromatic rings. The van der Waals surface area contributed by atoms with Crippen LogP contribution in [0.1, 0.15) is 29.2 Å². The minimum Gasteiger partial charge on any atom is -0.468 e. The Hall–Kier alpha value is -2.23. The van der Waals surface area contributed by atoms with Crippen molar-refractivity contribution in [1.82, 2.24) is 4.31 Å². The van der Waals surface area contributed by atoms with Crippen molar-refractivity contribution in [3.05, 3.63) is 102 Å². The molecule has 0 saturated carbocycles. The first kappa shape index (κ1) is 23.9. The topological polar surface area (TPSA) is 63.7 Å². The van der Waals surface area contributed by atoms with Crippen molar-refractivity contribution in [1.29, 1.82) is 0 Å². The van der Waals surface area contributed by atoms with Crippen LogP contribution >= 0.6 is 22.6 Å². The van der Waals surface area contributed by atoms with Crippen LogP contribution in [0.15, 0.2) is 89.8 Å². The molecule has 5 nitrogen and oxygen atoms in total. The van der Waals surface area contributed by atoms with Gasteiger partial charge in [-0.25, -0.2) is 8.42 Å². The SMILES string of the molecule is COC(=O)[C@@]1(Cc2ccccc2)C[C@@H](I)[C@H](c2ccccc2)N1S(=O)(=O)c1ccc(C)cc1. The van der Waals surface area contributed by atoms with E-state index in [1.807, 2.05) is 67.6 Å². The number of hydrogen-bond donors (Lipinski definition) is 0. The molecule has 1 heterocycles. The molecule has 3 aromatic carbocycles. The maximum atomic E-state index is 14.2. The first-order chi connectivity index (χ1) is 15.8. The molecule has 4 rings (SSSR count). The zero-order chi connectivity index (χ0) is 23.6. The van der Waals surface area contributed by atoms with Crippen molar-refractivity contribution in [2.75, 3.05) is 7.11 Å². The molecule has 33 heavy (non-hydrogen) atoms. The molecule has 0 N–H and O–H groups in total. The number of hydrogen-bond acceptors (Lipinski definition) is 4. The Labute approximate surface area is 209 Å². The molecule has 0 bridgehead atoms. The average Bonchev–Trinajstić information content (AvgIpc) is 3.13. The average molecular weight is 575 g/mol. The molecule has 0 aromatic heterocycles. The van der Waals surface area contributed by atoms with E-state index in [9.17, 15) is 13.2 Å². The van der Waals surface area contributed by atoms with Crippen LogP contribution < -0.4 is 0 Å². The van der Waals surface area contributed by atoms with Crippen LogP contribution in [-0.2, 0) is 26.0 Å². The molecule has 172 valence electrons. The lowest BCUT2D eigenvalue weighted by Crippen LogP contribution is -2.55. The van der Waals surface area contributed by atoms with Crippen LogP contribution in [0.2, 0.25) is 0 Å². The summed E-state index contributed by atoms with van der Waals surface area (Å²) in [7, 11) is -2.72. The van der Waals surface area contributed by atoms with Gasteiger partial charge in [-0.1, -0.05) is 101 Å². The standard InChI is InChI=1S/C26H26INO4S/c1-19-13-15-22(16-14-19)33(30,31)28-24(21-11-7-4-8-12-21)23(27)18-26(28,25(29)32-2)17-20-9-5-3-6-10-20/h3-16,23-24H,17-18H2,1-2H3/t23-,24+,26-/m1/s1. The first-order valence-corrected chi connectivity index (χ1v) is 13.4. The van der Waals surface area contributed by atoms with Crippen molar-refractivity contribution >= 4 is 38.6 Å². The van der Waals surface area contributed by atoms with E-state index in [2.05, 4.69) is 22.6 Å². The number of rotatable bonds is 6. The van der Waals surface area contributed by atoms with E-state index < -0.39 is 27.6 Å². The summed E-state index contributed by atoms with van der Waals surface area (Å²) in [5, 5.41) is 0. The van der Waals surface area contributed by atoms with E-state index >= 15 is 0 Å². The van der Waals surface area contributed by atoms with Gasteiger partial charge < -0.3 is 4.74 Å². The lowest BCUT2D eigenvalue weighted by atomic mass is 9.89. The van der Waals surface area contributed by atoms with Crippen LogP contribution in [0.4, 0.5) is 0 Å². The van der Waals surface area contributed by atoms with Gasteiger partial charge in [-0.05, 0) is 36.6 Å². The number of nitrogens with zero attached hydrogens (tertiary/aromatic N) is 1. The molecule has 0 radical (unpaired) electrons. The highest BCUT2D eigenvalue weighted by atomic mass is 127. The van der Waals surface area contributed by atoms with Gasteiger partial charge >= 0.3 is 5.97 Å². The summed E-state index contributed by atoms with van der Waals surface area (Å²) in [5.41, 5.74) is 1.33. The minimum atomic E-state index is -4.04. The van der Waals surface area contributed by atoms with Gasteiger partial charge in [0, 0.05) is 10.3 Å². The second-order valence-electron chi connectivity index (χ2n) is 8.38. The second kappa shape index (κ2) is 9.56. The molecular weight excluding hydrogens is 549 g/mol. The summed E-state index contributed by atoms with van der Waals surface area (Å²) in [5.74, 6) is -0.540. The van der Waals surface area contributed by atoms with Crippen molar-refractivity contribution in [3.8, 4) is 0 Å². The summed E-state index contributed by atoms with van der Waals surface area (Å²) < 4.78 is 35.0. The number of methoxy groups -OCH3 is 1. The van der Waals surface area contributed by atoms with Crippen molar-refractivity contribution in [2.45, 2.75) is 40.2 Å². The number of esters is 1. The number of halogens is 1. The highest BCUT2D eigenvalue weighted by Crippen LogP contribution is 2.51. The van der Waals surface area contributed by atoms with E-state index in [-0.39, 0.29) is 15.2 Å². The van der Waals surface area contributed by atoms with Crippen molar-refractivity contribution < 1.29 is 17.9 Å². The van der Waals surface area contributed by atoms with Gasteiger partial charge in [0.15, 0.2) is 0 Å². The third kappa shape index (κ3) is 4.46. The Kier molecular flexibility index (Phi) is 6.93. The minimum absolute atomic E-state index is 0.131. The largest absolute Gasteiger partial charge is 0.468 e. The number of ether oxygens (including phenoxy) is 1. The molecule has 7 heteroatoms. The Morgan fingerprint density at radius 2 is 1.58 bits per heavy atom. The Balaban J connectivity index is 1.95. The van der Waals surface area contributed by atoms with E-state index in [0.717, 1.165) is 16.7 Å². The molecule has 3 atom stereocenters. The predicted molar refractivity (Wildman–Crippen MR) is 137 cm³/mol. The molecule has 1 fully saturated rings.